The average molecular weight is 2170 g/mol. The number of anilines is 5. The summed E-state index contributed by atoms with van der Waals surface area (Å²) >= 11 is 1.43. The first-order valence-electron chi connectivity index (χ1n) is 46.8. The van der Waals surface area contributed by atoms with E-state index in [-0.39, 0.29) is 35.8 Å². The Morgan fingerprint density at radius 2 is 0.750 bits per heavy atom. The van der Waals surface area contributed by atoms with Crippen molar-refractivity contribution in [1.82, 2.24) is 92.6 Å². The number of halogens is 1. The van der Waals surface area contributed by atoms with Gasteiger partial charge in [-0.3, -0.25) is 22.8 Å². The number of aliphatic hydroxyl groups excluding tert-OH is 10. The highest BCUT2D eigenvalue weighted by molar-refractivity contribution is 14.0. The second-order valence-corrected chi connectivity index (χ2v) is 62.1. The molecule has 0 unspecified atom stereocenters. The summed E-state index contributed by atoms with van der Waals surface area (Å²) in [6.45, 7) is 33.2. The van der Waals surface area contributed by atoms with E-state index in [1.165, 1.54) is 48.2 Å². The molecule has 5 fully saturated rings. The minimum Gasteiger partial charge on any atom is -0.467 e. The van der Waals surface area contributed by atoms with Crippen molar-refractivity contribution in [3.63, 3.8) is 0 Å². The van der Waals surface area contributed by atoms with Crippen LogP contribution in [0, 0.1) is 13.8 Å². The highest BCUT2D eigenvalue weighted by Crippen LogP contribution is 2.47. The van der Waals surface area contributed by atoms with Gasteiger partial charge in [-0.25, -0.2) is 59.8 Å². The lowest BCUT2D eigenvalue weighted by Crippen LogP contribution is -2.32. The van der Waals surface area contributed by atoms with E-state index in [9.17, 15) is 51.1 Å². The molecule has 15 rings (SSSR count). The molecule has 776 valence electrons. The molecule has 5 aliphatic heterocycles. The van der Waals surface area contributed by atoms with Gasteiger partial charge in [-0.05, 0) is 196 Å². The second kappa shape index (κ2) is 49.3. The van der Waals surface area contributed by atoms with Crippen LogP contribution in [0.15, 0.2) is 84.0 Å². The van der Waals surface area contributed by atoms with Crippen LogP contribution in [0.2, 0.25) is 0 Å². The number of aliphatic hydroxyl groups is 10. The summed E-state index contributed by atoms with van der Waals surface area (Å²) in [5.74, 6) is 3.23. The number of nitrogens with two attached hydrogens (primary N) is 2. The molecule has 0 aliphatic carbocycles. The normalized spacial score (nSPS) is 25.8. The van der Waals surface area contributed by atoms with Crippen molar-refractivity contribution in [1.29, 1.82) is 0 Å². The minimum absolute atomic E-state index is 0. The standard InChI is InChI=1S/C21H34N5O4P.C21H34N5O3PS.C20H32N5O3P.C16H25N4O3P.C15H24N5O3P.HI/c1-7-13(2)8-10-22-18-15-19(25-21(24-18)29-3)26(12-23-15)20-17(28)16(27)14(30-20)9-11-31(4,5)6;1-7-13(2)8-10-22-18-15-19(25-21(24-18)31-6)26(12-23-15)20-17(28)16(27)14(29-20)9-11-30(3,4)5;1-6-13(2)7-9-21-18-15-19(23-11-22-18)25(12-24-15)20-17(27)16(26)14(28-20)8-10-29(3,4)5;1-9-19-12-10(17)5-7-18-15(12)20(9)16-14(22)13(21)11(23-16)6-8-24(2,3)4;1-8-18-13(16)10-14(19-8)20(7-17-10)15-12(22)11(21)9(23-15)5-6-24(2,3)4;/h8,12,14,16-17,20,27-28H,4,7,9-11H2,1-3,5-6H3,(H,22,24,25);8,12,14,16-17,20,27-28H,3,7,9-11H2,1-2,4-6H3,(H,22,24,25);7,11-12,14,16-17,20,26-27H,3,6,8-10H2,1-2,4-5H3,(H,21,22,23);5,7,11,13-14,16,21-22H,2,6,8H2,1,3-4H3,(H2,17,18);7,9,11-12,15,21-22H,2,5-6H2,1,3-4H3,(H2,16,18,19);1H/b2*13-8-;13-7-;;;/t3*14-,16-,17-,20-;11-,13-,14-,16-;9-,11-,12-,15-;/m11111./s1. The second-order valence-electron chi connectivity index (χ2n) is 39.7. The maximum atomic E-state index is 10.7. The molecule has 40 nitrogen and oxygen atoms in total. The number of nitrogens with zero attached hydrogens (tertiary/aromatic N) is 19. The first kappa shape index (κ1) is 115. The van der Waals surface area contributed by atoms with Gasteiger partial charge in [0.25, 0.3) is 0 Å². The zero-order valence-electron chi connectivity index (χ0n) is 84.3. The van der Waals surface area contributed by atoms with Crippen LogP contribution < -0.4 is 32.2 Å². The Bertz CT molecular complexity index is 6050. The topological polar surface area (TPSA) is 551 Å². The van der Waals surface area contributed by atoms with Gasteiger partial charge in [0.15, 0.2) is 104 Å². The maximum Gasteiger partial charge on any atom is 0.320 e. The number of fused-ring (bicyclic) bond motifs is 5. The van der Waals surface area contributed by atoms with Gasteiger partial charge in [-0.2, -0.15) is 9.97 Å². The van der Waals surface area contributed by atoms with Gasteiger partial charge in [0, 0.05) is 25.8 Å². The van der Waals surface area contributed by atoms with Gasteiger partial charge >= 0.3 is 6.01 Å². The molecule has 0 saturated carbocycles. The quantitative estimate of drug-likeness (QED) is 0.00586. The van der Waals surface area contributed by atoms with Crippen LogP contribution >= 0.6 is 70.2 Å². The zero-order chi connectivity index (χ0) is 102. The molecule has 5 saturated heterocycles. The minimum atomic E-state index is -1.26. The molecule has 17 N–H and O–H groups in total. The van der Waals surface area contributed by atoms with E-state index >= 15 is 0 Å². The lowest BCUT2D eigenvalue weighted by atomic mass is 10.1. The Hall–Kier alpha value is -7.18. The number of thioether (sulfide) groups is 1. The van der Waals surface area contributed by atoms with E-state index in [0.717, 1.165) is 50.1 Å². The highest BCUT2D eigenvalue weighted by atomic mass is 127. The number of aromatic nitrogens is 19. The number of allylic oxidation sites excluding steroid dienone is 3. The number of imidazole rings is 5. The number of rotatable bonds is 34. The predicted molar refractivity (Wildman–Crippen MR) is 585 cm³/mol. The number of hydrogen-bond donors (Lipinski definition) is 15. The lowest BCUT2D eigenvalue weighted by molar-refractivity contribution is -0.0363. The van der Waals surface area contributed by atoms with Crippen molar-refractivity contribution in [2.45, 2.75) is 235 Å². The highest BCUT2D eigenvalue weighted by Gasteiger charge is 2.50. The van der Waals surface area contributed by atoms with Gasteiger partial charge in [0.1, 0.15) is 90.0 Å². The van der Waals surface area contributed by atoms with E-state index in [2.05, 4.69) is 244 Å². The average Bonchev–Trinajstić information content (AvgIpc) is 1.63. The molecule has 15 heterocycles. The number of ether oxygens (including phenoxy) is 6. The van der Waals surface area contributed by atoms with Gasteiger partial charge in [-0.15, -0.1) is 89.9 Å². The monoisotopic (exact) mass is 2170 g/mol. The number of pyridine rings is 1. The van der Waals surface area contributed by atoms with Crippen LogP contribution in [-0.4, -0.2) is 397 Å². The molecule has 140 heavy (non-hydrogen) atoms. The number of hydrogen-bond acceptors (Lipinski definition) is 36. The predicted octanol–water partition coefficient (Wildman–Crippen LogP) is 9.76. The van der Waals surface area contributed by atoms with Crippen LogP contribution in [0.1, 0.15) is 136 Å². The van der Waals surface area contributed by atoms with Crippen molar-refractivity contribution in [2.24, 2.45) is 0 Å². The number of aryl methyl sites for hydroxylation is 2. The molecule has 10 aromatic rings. The lowest BCUT2D eigenvalue weighted by Gasteiger charge is -2.19. The summed E-state index contributed by atoms with van der Waals surface area (Å²) in [6, 6.07) is 1.86. The summed E-state index contributed by atoms with van der Waals surface area (Å²) < 4.78 is 43.7. The fourth-order valence-corrected chi connectivity index (χ4v) is 21.3. The molecule has 5 aliphatic rings. The van der Waals surface area contributed by atoms with E-state index in [1.54, 1.807) is 61.0 Å². The fraction of sp³-hybridized carbons (Fsp3) is 0.602. The summed E-state index contributed by atoms with van der Waals surface area (Å²) in [5.41, 5.74) is 21.6. The Labute approximate surface area is 842 Å². The van der Waals surface area contributed by atoms with Crippen molar-refractivity contribution < 1.29 is 79.5 Å². The molecule has 0 radical (unpaired) electrons. The van der Waals surface area contributed by atoms with Crippen molar-refractivity contribution in [3.05, 3.63) is 90.5 Å². The molecule has 0 amide bonds. The first-order valence-corrected chi connectivity index (χ1v) is 63.3. The summed E-state index contributed by atoms with van der Waals surface area (Å²) in [6.07, 6.45) is 33.1. The van der Waals surface area contributed by atoms with E-state index in [4.69, 9.17) is 39.9 Å². The third-order valence-corrected chi connectivity index (χ3v) is 32.7. The Balaban J connectivity index is 0.000000181. The fourth-order valence-electron chi connectivity index (χ4n) is 16.2. The number of methoxy groups -OCH3 is 1. The molecular weight excluding hydrogens is 2020 g/mol. The van der Waals surface area contributed by atoms with E-state index in [0.29, 0.717) is 148 Å². The van der Waals surface area contributed by atoms with E-state index < -0.39 is 157 Å². The molecule has 10 aromatic heterocycles. The van der Waals surface area contributed by atoms with Crippen LogP contribution in [0.25, 0.3) is 55.8 Å². The van der Waals surface area contributed by atoms with E-state index in [1.807, 2.05) is 13.2 Å². The third-order valence-electron chi connectivity index (χ3n) is 24.8. The molecule has 20 atom stereocenters. The van der Waals surface area contributed by atoms with Gasteiger partial charge in [0.05, 0.1) is 68.6 Å². The van der Waals surface area contributed by atoms with Crippen LogP contribution in [0.3, 0.4) is 0 Å². The molecule has 0 bridgehead atoms. The largest absolute Gasteiger partial charge is 0.467 e. The molecule has 0 aromatic carbocycles. The van der Waals surface area contributed by atoms with Crippen molar-refractivity contribution in [3.8, 4) is 6.01 Å². The van der Waals surface area contributed by atoms with Crippen molar-refractivity contribution in [2.75, 3.05) is 158 Å². The maximum absolute atomic E-state index is 10.7. The van der Waals surface area contributed by atoms with Crippen LogP contribution in [-0.2, 0) is 23.7 Å². The van der Waals surface area contributed by atoms with Gasteiger partial charge in [0.2, 0.25) is 0 Å². The summed E-state index contributed by atoms with van der Waals surface area (Å²) in [7, 11) is 1.50. The first-order chi connectivity index (χ1) is 65.3. The number of nitrogens with one attached hydrogen (secondary N) is 3. The number of nitrogen functional groups attached to an aromatic ring is 2. The smallest absolute Gasteiger partial charge is 0.320 e. The molecule has 0 spiro atoms. The SMILES string of the molecule is C=P(C)(C)CC[C@H]1O[C@@H](n2c(C)nc3c(N)ccnc32)[C@H](O)[C@@H]1O.C=P(C)(C)CC[C@H]1O[C@@H](n2cnc3c(N)nc(C)nc32)[C@H](O)[C@@H]1O.C=P(C)(C)CC[C@H]1O[C@@H](n2cnc3c(NC/C=C(/C)CC)nc(OC)nc32)[C@H](O)[C@@H]1O.C=P(C)(C)CC[C@H]1O[C@@H](n2cnc3c(NC/C=C(/C)CC)nc(SC)nc32)[C@H](O)[C@@H]1O.C=P(C)(C)CC[C@H]1O[C@@H](n2cnc3c(NC/C=C(/C)CC)ncnc32)[C@H](O)[C@@H]1O.I. The molecule has 47 heteroatoms. The third kappa shape index (κ3) is 29.2. The van der Waals surface area contributed by atoms with Gasteiger partial charge < -0.3 is 107 Å². The Morgan fingerprint density at radius 1 is 0.414 bits per heavy atom. The molecular formula is C93H150IN24O16P5S. The van der Waals surface area contributed by atoms with Crippen molar-refractivity contribution >= 4 is 186 Å². The Kier molecular flexibility index (Phi) is 40.4. The zero-order valence-corrected chi connectivity index (χ0v) is 91.9. The summed E-state index contributed by atoms with van der Waals surface area (Å²) in [5, 5.41) is 116. The van der Waals surface area contributed by atoms with Crippen LogP contribution in [0.4, 0.5) is 29.0 Å². The summed E-state index contributed by atoms with van der Waals surface area (Å²) in [4.78, 5) is 61.4. The van der Waals surface area contributed by atoms with Crippen LogP contribution in [0.5, 0.6) is 6.01 Å². The van der Waals surface area contributed by atoms with Gasteiger partial charge in [-0.1, -0.05) is 67.5 Å². The Morgan fingerprint density at radius 3 is 1.12 bits per heavy atom.